The van der Waals surface area contributed by atoms with Crippen molar-refractivity contribution in [2.75, 3.05) is 12.4 Å². The number of esters is 1. The van der Waals surface area contributed by atoms with Crippen LogP contribution in [-0.2, 0) is 9.53 Å². The van der Waals surface area contributed by atoms with E-state index in [-0.39, 0.29) is 23.8 Å². The SMILES string of the molecule is COC(=O)c1cccc(NC(C)(C)C(=O)NC2[C@@H]3CC4C[C@H]2CC(F)(C4)C3)c1. The maximum absolute atomic E-state index is 14.9. The summed E-state index contributed by atoms with van der Waals surface area (Å²) in [6.45, 7) is 3.64. The Balaban J connectivity index is 1.44. The van der Waals surface area contributed by atoms with Gasteiger partial charge in [-0.15, -0.1) is 0 Å². The van der Waals surface area contributed by atoms with Crippen LogP contribution in [0, 0.1) is 17.8 Å². The van der Waals surface area contributed by atoms with Crippen molar-refractivity contribution in [2.45, 2.75) is 63.2 Å². The lowest BCUT2D eigenvalue weighted by Crippen LogP contribution is -2.63. The molecule has 0 aliphatic heterocycles. The van der Waals surface area contributed by atoms with Crippen LogP contribution in [0.5, 0.6) is 0 Å². The summed E-state index contributed by atoms with van der Waals surface area (Å²) in [5.41, 5.74) is -0.759. The number of anilines is 1. The van der Waals surface area contributed by atoms with Gasteiger partial charge in [-0.2, -0.15) is 0 Å². The number of ether oxygens (including phenoxy) is 1. The molecule has 6 heteroatoms. The summed E-state index contributed by atoms with van der Waals surface area (Å²) in [6, 6.07) is 6.98. The number of hydrogen-bond acceptors (Lipinski definition) is 4. The van der Waals surface area contributed by atoms with Crippen molar-refractivity contribution in [3.8, 4) is 0 Å². The first-order valence-corrected chi connectivity index (χ1v) is 10.2. The Labute approximate surface area is 165 Å². The summed E-state index contributed by atoms with van der Waals surface area (Å²) in [4.78, 5) is 24.8. The second kappa shape index (κ2) is 6.75. The van der Waals surface area contributed by atoms with E-state index >= 15 is 0 Å². The van der Waals surface area contributed by atoms with Gasteiger partial charge in [0, 0.05) is 11.7 Å². The van der Waals surface area contributed by atoms with Crippen molar-refractivity contribution in [2.24, 2.45) is 17.8 Å². The van der Waals surface area contributed by atoms with E-state index < -0.39 is 17.2 Å². The standard InChI is InChI=1S/C22H29FN2O3/c1-21(2,25-17-6-4-5-14(9-17)19(26)28-3)20(27)24-18-15-7-13-8-16(18)12-22(23,10-13)11-15/h4-6,9,13,15-16,18,25H,7-8,10-12H2,1-3H3,(H,24,27)/t13?,15-,16+,18?,22?. The second-order valence-corrected chi connectivity index (χ2v) is 9.44. The van der Waals surface area contributed by atoms with Crippen molar-refractivity contribution in [1.29, 1.82) is 0 Å². The van der Waals surface area contributed by atoms with Crippen molar-refractivity contribution >= 4 is 17.6 Å². The molecule has 4 saturated carbocycles. The summed E-state index contributed by atoms with van der Waals surface area (Å²) in [6.07, 6.45) is 3.94. The third-order valence-electron chi connectivity index (χ3n) is 6.80. The van der Waals surface area contributed by atoms with Crippen molar-refractivity contribution in [1.82, 2.24) is 5.32 Å². The lowest BCUT2D eigenvalue weighted by Gasteiger charge is -2.57. The fraction of sp³-hybridized carbons (Fsp3) is 0.636. The molecule has 4 fully saturated rings. The van der Waals surface area contributed by atoms with Crippen LogP contribution < -0.4 is 10.6 Å². The van der Waals surface area contributed by atoms with E-state index in [1.54, 1.807) is 18.2 Å². The number of carbonyl (C=O) groups is 2. The zero-order chi connectivity index (χ0) is 20.1. The van der Waals surface area contributed by atoms with Gasteiger partial charge in [-0.1, -0.05) is 6.07 Å². The van der Waals surface area contributed by atoms with Gasteiger partial charge < -0.3 is 15.4 Å². The fourth-order valence-corrected chi connectivity index (χ4v) is 5.75. The molecule has 1 aromatic carbocycles. The van der Waals surface area contributed by atoms with Gasteiger partial charge in [0.2, 0.25) is 5.91 Å². The quantitative estimate of drug-likeness (QED) is 0.755. The Morgan fingerprint density at radius 2 is 1.86 bits per heavy atom. The number of benzene rings is 1. The smallest absolute Gasteiger partial charge is 0.337 e. The summed E-state index contributed by atoms with van der Waals surface area (Å²) < 4.78 is 19.6. The minimum absolute atomic E-state index is 0.0652. The van der Waals surface area contributed by atoms with E-state index in [9.17, 15) is 14.0 Å². The predicted molar refractivity (Wildman–Crippen MR) is 105 cm³/mol. The van der Waals surface area contributed by atoms with Gasteiger partial charge in [0.15, 0.2) is 0 Å². The normalized spacial score (nSPS) is 33.4. The monoisotopic (exact) mass is 388 g/mol. The molecule has 1 aromatic rings. The average Bonchev–Trinajstić information content (AvgIpc) is 2.62. The molecule has 4 bridgehead atoms. The molecule has 3 unspecified atom stereocenters. The van der Waals surface area contributed by atoms with Crippen LogP contribution in [0.2, 0.25) is 0 Å². The lowest BCUT2D eigenvalue weighted by atomic mass is 9.53. The molecular formula is C22H29FN2O3. The molecule has 0 aromatic heterocycles. The van der Waals surface area contributed by atoms with Crippen LogP contribution in [-0.4, -0.2) is 36.2 Å². The molecule has 1 amide bonds. The second-order valence-electron chi connectivity index (χ2n) is 9.44. The molecule has 5 nitrogen and oxygen atoms in total. The number of hydrogen-bond donors (Lipinski definition) is 2. The molecule has 152 valence electrons. The van der Waals surface area contributed by atoms with E-state index in [2.05, 4.69) is 10.6 Å². The molecule has 28 heavy (non-hydrogen) atoms. The topological polar surface area (TPSA) is 67.4 Å². The largest absolute Gasteiger partial charge is 0.465 e. The number of alkyl halides is 1. The third kappa shape index (κ3) is 3.49. The van der Waals surface area contributed by atoms with Gasteiger partial charge in [0.25, 0.3) is 0 Å². The Morgan fingerprint density at radius 3 is 2.46 bits per heavy atom. The maximum atomic E-state index is 14.9. The third-order valence-corrected chi connectivity index (χ3v) is 6.80. The fourth-order valence-electron chi connectivity index (χ4n) is 5.75. The molecule has 2 N–H and O–H groups in total. The van der Waals surface area contributed by atoms with Crippen LogP contribution in [0.1, 0.15) is 56.3 Å². The van der Waals surface area contributed by atoms with Gasteiger partial charge >= 0.3 is 5.97 Å². The number of nitrogens with one attached hydrogen (secondary N) is 2. The Bertz CT molecular complexity index is 778. The van der Waals surface area contributed by atoms with Gasteiger partial charge in [-0.3, -0.25) is 4.79 Å². The van der Waals surface area contributed by atoms with Crippen molar-refractivity contribution in [3.63, 3.8) is 0 Å². The first-order chi connectivity index (χ1) is 13.2. The van der Waals surface area contributed by atoms with Crippen LogP contribution in [0.4, 0.5) is 10.1 Å². The first-order valence-electron chi connectivity index (χ1n) is 10.2. The highest BCUT2D eigenvalue weighted by Crippen LogP contribution is 2.57. The van der Waals surface area contributed by atoms with Gasteiger partial charge in [0.05, 0.1) is 12.7 Å². The number of amides is 1. The van der Waals surface area contributed by atoms with E-state index in [0.717, 1.165) is 12.8 Å². The zero-order valence-corrected chi connectivity index (χ0v) is 16.8. The zero-order valence-electron chi connectivity index (χ0n) is 16.8. The Morgan fingerprint density at radius 1 is 1.18 bits per heavy atom. The molecular weight excluding hydrogens is 359 g/mol. The minimum atomic E-state index is -1.00. The Kier molecular flexibility index (Phi) is 4.63. The Hall–Kier alpha value is -2.11. The van der Waals surface area contributed by atoms with Crippen molar-refractivity contribution in [3.05, 3.63) is 29.8 Å². The molecule has 0 heterocycles. The first kappa shape index (κ1) is 19.2. The van der Waals surface area contributed by atoms with Gasteiger partial charge in [-0.25, -0.2) is 9.18 Å². The molecule has 4 aliphatic carbocycles. The average molecular weight is 388 g/mol. The minimum Gasteiger partial charge on any atom is -0.465 e. The molecule has 0 spiro atoms. The summed E-state index contributed by atoms with van der Waals surface area (Å²) in [7, 11) is 1.34. The highest BCUT2D eigenvalue weighted by Gasteiger charge is 2.56. The number of halogens is 1. The molecule has 0 saturated heterocycles. The summed E-state index contributed by atoms with van der Waals surface area (Å²) in [5, 5.41) is 6.45. The van der Waals surface area contributed by atoms with Crippen LogP contribution in [0.25, 0.3) is 0 Å². The van der Waals surface area contributed by atoms with Crippen LogP contribution in [0.15, 0.2) is 24.3 Å². The van der Waals surface area contributed by atoms with Gasteiger partial charge in [0.1, 0.15) is 11.2 Å². The number of carbonyl (C=O) groups excluding carboxylic acids is 2. The van der Waals surface area contributed by atoms with E-state index in [1.165, 1.54) is 7.11 Å². The highest BCUT2D eigenvalue weighted by atomic mass is 19.1. The molecule has 5 atom stereocenters. The maximum Gasteiger partial charge on any atom is 0.337 e. The van der Waals surface area contributed by atoms with Gasteiger partial charge in [-0.05, 0) is 81.9 Å². The van der Waals surface area contributed by atoms with E-state index in [1.807, 2.05) is 19.9 Å². The molecule has 5 rings (SSSR count). The molecule has 4 aliphatic rings. The molecule has 0 radical (unpaired) electrons. The van der Waals surface area contributed by atoms with Crippen LogP contribution in [0.3, 0.4) is 0 Å². The van der Waals surface area contributed by atoms with E-state index in [0.29, 0.717) is 36.4 Å². The summed E-state index contributed by atoms with van der Waals surface area (Å²) in [5.74, 6) is 0.473. The number of rotatable bonds is 5. The van der Waals surface area contributed by atoms with Crippen molar-refractivity contribution < 1.29 is 18.7 Å². The summed E-state index contributed by atoms with van der Waals surface area (Å²) >= 11 is 0. The number of methoxy groups -OCH3 is 1. The van der Waals surface area contributed by atoms with E-state index in [4.69, 9.17) is 4.74 Å². The predicted octanol–water partition coefficient (Wildman–Crippen LogP) is 3.70. The van der Waals surface area contributed by atoms with Crippen LogP contribution >= 0.6 is 0 Å². The lowest BCUT2D eigenvalue weighted by molar-refractivity contribution is -0.133. The highest BCUT2D eigenvalue weighted by molar-refractivity contribution is 5.92.